The van der Waals surface area contributed by atoms with Crippen molar-refractivity contribution < 1.29 is 14.6 Å². The monoisotopic (exact) mass is 385 g/mol. The van der Waals surface area contributed by atoms with Crippen LogP contribution in [0.4, 0.5) is 5.82 Å². The fraction of sp³-hybridized carbons (Fsp3) is 0.333. The second-order valence-electron chi connectivity index (χ2n) is 5.30. The van der Waals surface area contributed by atoms with Crippen LogP contribution < -0.4 is 10.5 Å². The minimum Gasteiger partial charge on any atom is -0.490 e. The van der Waals surface area contributed by atoms with Crippen LogP contribution in [0.5, 0.6) is 5.75 Å². The lowest BCUT2D eigenvalue weighted by atomic mass is 10.0. The maximum atomic E-state index is 9.69. The fourth-order valence-corrected chi connectivity index (χ4v) is 3.22. The number of nitrogens with zero attached hydrogens (tertiary/aromatic N) is 4. The Bertz CT molecular complexity index is 859. The molecule has 0 aliphatic rings. The standard InChI is InChI=1S/C18H19N5O3S/c1-25-6-2-8-27-18-14(10-20)16(13(9-19)17(21)23-18)15-4-3-12(11-22-15)26-7-5-24/h3-4,11,24H,2,5-8H2,1H3,(H2,21,23). The molecule has 0 unspecified atom stereocenters. The van der Waals surface area contributed by atoms with E-state index in [1.165, 1.54) is 18.0 Å². The Hall–Kier alpha value is -2.85. The molecule has 27 heavy (non-hydrogen) atoms. The number of hydrogen-bond acceptors (Lipinski definition) is 9. The Kier molecular flexibility index (Phi) is 7.83. The van der Waals surface area contributed by atoms with Crippen LogP contribution in [0.3, 0.4) is 0 Å². The molecule has 0 saturated heterocycles. The molecule has 0 aliphatic carbocycles. The van der Waals surface area contributed by atoms with Crippen molar-refractivity contribution in [3.63, 3.8) is 0 Å². The molecule has 0 aromatic carbocycles. The number of anilines is 1. The quantitative estimate of drug-likeness (QED) is 0.490. The van der Waals surface area contributed by atoms with Crippen LogP contribution in [0, 0.1) is 22.7 Å². The van der Waals surface area contributed by atoms with E-state index in [4.69, 9.17) is 20.3 Å². The summed E-state index contributed by atoms with van der Waals surface area (Å²) >= 11 is 1.38. The van der Waals surface area contributed by atoms with Gasteiger partial charge in [-0.2, -0.15) is 10.5 Å². The van der Waals surface area contributed by atoms with E-state index in [1.54, 1.807) is 19.2 Å². The number of pyridine rings is 2. The van der Waals surface area contributed by atoms with Gasteiger partial charge in [0.2, 0.25) is 0 Å². The molecule has 0 bridgehead atoms. The van der Waals surface area contributed by atoms with Crippen molar-refractivity contribution in [2.45, 2.75) is 11.4 Å². The number of nitriles is 2. The molecular weight excluding hydrogens is 366 g/mol. The summed E-state index contributed by atoms with van der Waals surface area (Å²) in [6.45, 7) is 0.645. The molecule has 140 valence electrons. The number of aromatic nitrogens is 2. The lowest BCUT2D eigenvalue weighted by molar-refractivity contribution is 0.200. The van der Waals surface area contributed by atoms with Crippen LogP contribution in [0.1, 0.15) is 17.5 Å². The highest BCUT2D eigenvalue weighted by molar-refractivity contribution is 7.99. The average Bonchev–Trinajstić information content (AvgIpc) is 2.69. The number of aliphatic hydroxyl groups is 1. The third-order valence-electron chi connectivity index (χ3n) is 3.50. The van der Waals surface area contributed by atoms with Crippen molar-refractivity contribution in [3.05, 3.63) is 29.5 Å². The van der Waals surface area contributed by atoms with Gasteiger partial charge in [0.05, 0.1) is 24.1 Å². The predicted octanol–water partition coefficient (Wildman–Crippen LogP) is 1.97. The zero-order chi connectivity index (χ0) is 19.6. The van der Waals surface area contributed by atoms with E-state index in [0.717, 1.165) is 6.42 Å². The average molecular weight is 385 g/mol. The molecule has 0 amide bonds. The summed E-state index contributed by atoms with van der Waals surface area (Å²) < 4.78 is 10.3. The van der Waals surface area contributed by atoms with Crippen LogP contribution in [0.15, 0.2) is 23.4 Å². The van der Waals surface area contributed by atoms with Crippen LogP contribution in [0.25, 0.3) is 11.3 Å². The second-order valence-corrected chi connectivity index (χ2v) is 6.38. The Morgan fingerprint density at radius 1 is 1.22 bits per heavy atom. The number of ether oxygens (including phenoxy) is 2. The van der Waals surface area contributed by atoms with E-state index >= 15 is 0 Å². The Morgan fingerprint density at radius 3 is 2.59 bits per heavy atom. The first-order chi connectivity index (χ1) is 13.2. The maximum Gasteiger partial charge on any atom is 0.143 e. The molecule has 0 atom stereocenters. The van der Waals surface area contributed by atoms with E-state index in [1.807, 2.05) is 6.07 Å². The van der Waals surface area contributed by atoms with Gasteiger partial charge in [0.1, 0.15) is 40.9 Å². The second kappa shape index (κ2) is 10.3. The SMILES string of the molecule is COCCCSc1nc(N)c(C#N)c(-c2ccc(OCCO)cn2)c1C#N. The van der Waals surface area contributed by atoms with Crippen LogP contribution in [0.2, 0.25) is 0 Å². The van der Waals surface area contributed by atoms with E-state index in [2.05, 4.69) is 16.0 Å². The summed E-state index contributed by atoms with van der Waals surface area (Å²) in [4.78, 5) is 8.52. The van der Waals surface area contributed by atoms with Crippen molar-refractivity contribution in [2.24, 2.45) is 0 Å². The van der Waals surface area contributed by atoms with Gasteiger partial charge in [-0.15, -0.1) is 11.8 Å². The zero-order valence-electron chi connectivity index (χ0n) is 14.8. The number of nitrogens with two attached hydrogens (primary N) is 1. The molecule has 0 aliphatic heterocycles. The van der Waals surface area contributed by atoms with Gasteiger partial charge >= 0.3 is 0 Å². The lowest BCUT2D eigenvalue weighted by Crippen LogP contribution is -2.05. The Balaban J connectivity index is 2.45. The van der Waals surface area contributed by atoms with Crippen molar-refractivity contribution >= 4 is 17.6 Å². The van der Waals surface area contributed by atoms with Gasteiger partial charge in [0.15, 0.2) is 0 Å². The summed E-state index contributed by atoms with van der Waals surface area (Å²) in [6, 6.07) is 7.44. The Morgan fingerprint density at radius 2 is 2.00 bits per heavy atom. The van der Waals surface area contributed by atoms with Gasteiger partial charge in [-0.3, -0.25) is 4.98 Å². The minimum atomic E-state index is -0.108. The van der Waals surface area contributed by atoms with Gasteiger partial charge in [-0.1, -0.05) is 0 Å². The molecule has 0 saturated carbocycles. The number of thioether (sulfide) groups is 1. The topological polar surface area (TPSA) is 138 Å². The molecule has 0 fully saturated rings. The van der Waals surface area contributed by atoms with Crippen molar-refractivity contribution in [3.8, 4) is 29.1 Å². The first-order valence-corrected chi connectivity index (χ1v) is 9.10. The van der Waals surface area contributed by atoms with Crippen LogP contribution in [-0.4, -0.2) is 47.8 Å². The van der Waals surface area contributed by atoms with Gasteiger partial charge in [0, 0.05) is 25.0 Å². The highest BCUT2D eigenvalue weighted by Crippen LogP contribution is 2.35. The lowest BCUT2D eigenvalue weighted by Gasteiger charge is -2.13. The normalized spacial score (nSPS) is 10.2. The van der Waals surface area contributed by atoms with E-state index in [0.29, 0.717) is 34.4 Å². The van der Waals surface area contributed by atoms with E-state index < -0.39 is 0 Å². The third kappa shape index (κ3) is 5.08. The highest BCUT2D eigenvalue weighted by Gasteiger charge is 2.21. The molecule has 2 aromatic heterocycles. The van der Waals surface area contributed by atoms with Gasteiger partial charge in [-0.05, 0) is 18.6 Å². The van der Waals surface area contributed by atoms with E-state index in [-0.39, 0.29) is 30.2 Å². The number of nitrogen functional groups attached to an aromatic ring is 1. The van der Waals surface area contributed by atoms with Crippen molar-refractivity contribution in [1.29, 1.82) is 10.5 Å². The number of methoxy groups -OCH3 is 1. The molecule has 0 radical (unpaired) electrons. The largest absolute Gasteiger partial charge is 0.490 e. The molecule has 2 heterocycles. The van der Waals surface area contributed by atoms with Crippen LogP contribution >= 0.6 is 11.8 Å². The molecule has 2 aromatic rings. The van der Waals surface area contributed by atoms with Gasteiger partial charge in [-0.25, -0.2) is 4.98 Å². The first kappa shape index (κ1) is 20.5. The molecule has 3 N–H and O–H groups in total. The zero-order valence-corrected chi connectivity index (χ0v) is 15.6. The van der Waals surface area contributed by atoms with E-state index in [9.17, 15) is 10.5 Å². The third-order valence-corrected chi connectivity index (χ3v) is 4.56. The van der Waals surface area contributed by atoms with Crippen molar-refractivity contribution in [2.75, 3.05) is 38.4 Å². The summed E-state index contributed by atoms with van der Waals surface area (Å²) in [7, 11) is 1.63. The number of hydrogen-bond donors (Lipinski definition) is 2. The first-order valence-electron chi connectivity index (χ1n) is 8.11. The summed E-state index contributed by atoms with van der Waals surface area (Å²) in [5.41, 5.74) is 7.12. The minimum absolute atomic E-state index is 0.0585. The molecule has 0 spiro atoms. The predicted molar refractivity (Wildman–Crippen MR) is 101 cm³/mol. The summed E-state index contributed by atoms with van der Waals surface area (Å²) in [5.74, 6) is 1.23. The number of rotatable bonds is 9. The fourth-order valence-electron chi connectivity index (χ4n) is 2.31. The smallest absolute Gasteiger partial charge is 0.143 e. The molecular formula is C18H19N5O3S. The molecule has 8 nitrogen and oxygen atoms in total. The molecule has 9 heteroatoms. The Labute approximate surface area is 161 Å². The summed E-state index contributed by atoms with van der Waals surface area (Å²) in [6.07, 6.45) is 2.26. The highest BCUT2D eigenvalue weighted by atomic mass is 32.2. The molecule has 2 rings (SSSR count). The number of aliphatic hydroxyl groups excluding tert-OH is 1. The van der Waals surface area contributed by atoms with Gasteiger partial charge in [0.25, 0.3) is 0 Å². The van der Waals surface area contributed by atoms with Crippen LogP contribution in [-0.2, 0) is 4.74 Å². The van der Waals surface area contributed by atoms with Gasteiger partial charge < -0.3 is 20.3 Å². The van der Waals surface area contributed by atoms with Crippen molar-refractivity contribution in [1.82, 2.24) is 9.97 Å². The maximum absolute atomic E-state index is 9.69. The summed E-state index contributed by atoms with van der Waals surface area (Å²) in [5, 5.41) is 28.5.